The van der Waals surface area contributed by atoms with E-state index in [1.807, 2.05) is 11.8 Å². The van der Waals surface area contributed by atoms with Crippen LogP contribution in [0.3, 0.4) is 0 Å². The highest BCUT2D eigenvalue weighted by atomic mass is 32.2. The van der Waals surface area contributed by atoms with Crippen LogP contribution in [-0.4, -0.2) is 58.8 Å². The predicted molar refractivity (Wildman–Crippen MR) is 118 cm³/mol. The monoisotopic (exact) mass is 446 g/mol. The van der Waals surface area contributed by atoms with E-state index in [1.54, 1.807) is 16.4 Å². The Hall–Kier alpha value is -2.26. The number of likely N-dealkylation sites (tertiary alicyclic amines) is 1. The molecule has 2 aliphatic heterocycles. The van der Waals surface area contributed by atoms with E-state index >= 15 is 0 Å². The summed E-state index contributed by atoms with van der Waals surface area (Å²) in [6.45, 7) is 3.79. The Kier molecular flexibility index (Phi) is 6.43. The average molecular weight is 447 g/mol. The molecule has 2 saturated heterocycles. The summed E-state index contributed by atoms with van der Waals surface area (Å²) in [5.41, 5.74) is 0.0183. The molecule has 1 amide bonds. The lowest BCUT2D eigenvalue weighted by atomic mass is 10.1. The van der Waals surface area contributed by atoms with E-state index in [0.717, 1.165) is 44.9 Å². The molecule has 2 aromatic rings. The molecule has 9 heteroatoms. The maximum Gasteiger partial charge on any atom is 0.348 e. The zero-order valence-corrected chi connectivity index (χ0v) is 18.8. The number of hydrogen-bond acceptors (Lipinski definition) is 5. The smallest absolute Gasteiger partial charge is 0.341 e. The van der Waals surface area contributed by atoms with E-state index in [0.29, 0.717) is 30.5 Å². The van der Waals surface area contributed by atoms with Crippen LogP contribution in [0.2, 0.25) is 0 Å². The van der Waals surface area contributed by atoms with Crippen molar-refractivity contribution in [3.63, 3.8) is 0 Å². The highest BCUT2D eigenvalue weighted by Gasteiger charge is 2.31. The van der Waals surface area contributed by atoms with Crippen molar-refractivity contribution >= 4 is 26.8 Å². The molecule has 31 heavy (non-hydrogen) atoms. The van der Waals surface area contributed by atoms with Gasteiger partial charge < -0.3 is 4.90 Å². The molecule has 0 aliphatic carbocycles. The summed E-state index contributed by atoms with van der Waals surface area (Å²) in [4.78, 5) is 31.2. The lowest BCUT2D eigenvalue weighted by Gasteiger charge is -2.32. The van der Waals surface area contributed by atoms with E-state index < -0.39 is 15.7 Å². The first-order valence-electron chi connectivity index (χ1n) is 11.2. The van der Waals surface area contributed by atoms with Crippen molar-refractivity contribution in [3.05, 3.63) is 34.9 Å². The number of hydrogen-bond donors (Lipinski definition) is 0. The van der Waals surface area contributed by atoms with Crippen LogP contribution in [0, 0.1) is 0 Å². The number of benzene rings is 1. The van der Waals surface area contributed by atoms with Gasteiger partial charge in [-0.25, -0.2) is 18.2 Å². The standard InChI is InChI=1S/C22H30N4O4S/c1-17-8-4-7-13-26(17)31(29,30)19-9-10-20-18(14-19)15-23-22(28)25(20)16-21(27)24-11-5-2-3-6-12-24/h9-10,14-15,17H,2-8,11-13,16H2,1H3/t17-/m0/s1. The maximum absolute atomic E-state index is 13.2. The Balaban J connectivity index is 1.65. The largest absolute Gasteiger partial charge is 0.348 e. The normalized spacial score (nSPS) is 21.2. The van der Waals surface area contributed by atoms with Crippen LogP contribution < -0.4 is 5.69 Å². The zero-order chi connectivity index (χ0) is 22.0. The van der Waals surface area contributed by atoms with Crippen LogP contribution >= 0.6 is 0 Å². The molecule has 2 aliphatic rings. The van der Waals surface area contributed by atoms with Crippen molar-refractivity contribution < 1.29 is 13.2 Å². The third kappa shape index (κ3) is 4.52. The molecule has 3 heterocycles. The molecule has 0 spiro atoms. The van der Waals surface area contributed by atoms with E-state index in [4.69, 9.17) is 0 Å². The van der Waals surface area contributed by atoms with Gasteiger partial charge in [-0.3, -0.25) is 9.36 Å². The molecule has 0 radical (unpaired) electrons. The molecule has 1 aromatic carbocycles. The highest BCUT2D eigenvalue weighted by Crippen LogP contribution is 2.27. The lowest BCUT2D eigenvalue weighted by molar-refractivity contribution is -0.131. The first-order valence-corrected chi connectivity index (χ1v) is 12.6. The van der Waals surface area contributed by atoms with Gasteiger partial charge in [-0.2, -0.15) is 4.31 Å². The molecule has 8 nitrogen and oxygen atoms in total. The molecule has 2 fully saturated rings. The number of piperidine rings is 1. The quantitative estimate of drug-likeness (QED) is 0.719. The van der Waals surface area contributed by atoms with E-state index in [9.17, 15) is 18.0 Å². The Morgan fingerprint density at radius 2 is 1.77 bits per heavy atom. The van der Waals surface area contributed by atoms with Crippen molar-refractivity contribution in [1.82, 2.24) is 18.8 Å². The van der Waals surface area contributed by atoms with Gasteiger partial charge in [0.2, 0.25) is 15.9 Å². The molecule has 0 unspecified atom stereocenters. The third-order valence-corrected chi connectivity index (χ3v) is 8.45. The van der Waals surface area contributed by atoms with Gasteiger partial charge in [-0.1, -0.05) is 19.3 Å². The Bertz CT molecular complexity index is 1120. The molecule has 0 bridgehead atoms. The van der Waals surface area contributed by atoms with Crippen LogP contribution in [0.5, 0.6) is 0 Å². The summed E-state index contributed by atoms with van der Waals surface area (Å²) in [5.74, 6) is -0.0999. The molecule has 1 aromatic heterocycles. The SMILES string of the molecule is C[C@H]1CCCCN1S(=O)(=O)c1ccc2c(cnc(=O)n2CC(=O)N2CCCCCC2)c1. The summed E-state index contributed by atoms with van der Waals surface area (Å²) in [7, 11) is -3.63. The molecular weight excluding hydrogens is 416 g/mol. The summed E-state index contributed by atoms with van der Waals surface area (Å²) in [6, 6.07) is 4.68. The fourth-order valence-electron chi connectivity index (χ4n) is 4.61. The molecule has 1 atom stereocenters. The second kappa shape index (κ2) is 9.08. The number of aromatic nitrogens is 2. The molecule has 0 saturated carbocycles. The fraction of sp³-hybridized carbons (Fsp3) is 0.591. The van der Waals surface area contributed by atoms with Crippen LogP contribution in [0.25, 0.3) is 10.9 Å². The summed E-state index contributed by atoms with van der Waals surface area (Å²) >= 11 is 0. The Labute approximate surface area is 182 Å². The van der Waals surface area contributed by atoms with Gasteiger partial charge in [0.05, 0.1) is 10.4 Å². The van der Waals surface area contributed by atoms with Gasteiger partial charge >= 0.3 is 5.69 Å². The van der Waals surface area contributed by atoms with Gasteiger partial charge in [0.1, 0.15) is 6.54 Å². The minimum atomic E-state index is -3.63. The van der Waals surface area contributed by atoms with Crippen molar-refractivity contribution in [2.24, 2.45) is 0 Å². The second-order valence-corrected chi connectivity index (χ2v) is 10.5. The number of sulfonamides is 1. The van der Waals surface area contributed by atoms with Gasteiger partial charge in [-0.05, 0) is 50.8 Å². The Morgan fingerprint density at radius 1 is 1.06 bits per heavy atom. The van der Waals surface area contributed by atoms with E-state index in [-0.39, 0.29) is 23.4 Å². The second-order valence-electron chi connectivity index (χ2n) is 8.60. The van der Waals surface area contributed by atoms with Gasteiger partial charge in [0, 0.05) is 37.3 Å². The molecule has 4 rings (SSSR count). The van der Waals surface area contributed by atoms with Crippen molar-refractivity contribution in [3.8, 4) is 0 Å². The Morgan fingerprint density at radius 3 is 2.48 bits per heavy atom. The first-order chi connectivity index (χ1) is 14.9. The first kappa shape index (κ1) is 22.0. The number of carbonyl (C=O) groups excluding carboxylic acids is 1. The van der Waals surface area contributed by atoms with Crippen LogP contribution in [0.4, 0.5) is 0 Å². The fourth-order valence-corrected chi connectivity index (χ4v) is 6.35. The van der Waals surface area contributed by atoms with Gasteiger partial charge in [0.15, 0.2) is 0 Å². The number of fused-ring (bicyclic) bond motifs is 1. The van der Waals surface area contributed by atoms with Crippen LogP contribution in [0.15, 0.2) is 34.1 Å². The molecular formula is C22H30N4O4S. The topological polar surface area (TPSA) is 92.6 Å². The third-order valence-electron chi connectivity index (χ3n) is 6.44. The minimum absolute atomic E-state index is 0.0345. The zero-order valence-electron chi connectivity index (χ0n) is 18.0. The molecule has 168 valence electrons. The van der Waals surface area contributed by atoms with Crippen molar-refractivity contribution in [2.45, 2.75) is 69.4 Å². The van der Waals surface area contributed by atoms with E-state index in [1.165, 1.54) is 16.8 Å². The average Bonchev–Trinajstić information content (AvgIpc) is 3.05. The highest BCUT2D eigenvalue weighted by molar-refractivity contribution is 7.89. The number of carbonyl (C=O) groups is 1. The lowest BCUT2D eigenvalue weighted by Crippen LogP contribution is -2.41. The van der Waals surface area contributed by atoms with Gasteiger partial charge in [-0.15, -0.1) is 0 Å². The number of rotatable bonds is 4. The van der Waals surface area contributed by atoms with Crippen LogP contribution in [-0.2, 0) is 21.4 Å². The van der Waals surface area contributed by atoms with Crippen molar-refractivity contribution in [2.75, 3.05) is 19.6 Å². The summed E-state index contributed by atoms with van der Waals surface area (Å²) < 4.78 is 29.3. The number of nitrogens with zero attached hydrogens (tertiary/aromatic N) is 4. The maximum atomic E-state index is 13.2. The predicted octanol–water partition coefficient (Wildman–Crippen LogP) is 2.36. The minimum Gasteiger partial charge on any atom is -0.341 e. The number of amides is 1. The summed E-state index contributed by atoms with van der Waals surface area (Å²) in [6.07, 6.45) is 8.33. The van der Waals surface area contributed by atoms with E-state index in [2.05, 4.69) is 4.98 Å². The van der Waals surface area contributed by atoms with Gasteiger partial charge in [0.25, 0.3) is 0 Å². The van der Waals surface area contributed by atoms with Crippen LogP contribution in [0.1, 0.15) is 51.9 Å². The molecule has 0 N–H and O–H groups in total. The summed E-state index contributed by atoms with van der Waals surface area (Å²) in [5, 5.41) is 0.536. The van der Waals surface area contributed by atoms with Crippen molar-refractivity contribution in [1.29, 1.82) is 0 Å².